The van der Waals surface area contributed by atoms with Crippen LogP contribution in [0.1, 0.15) is 5.56 Å². The fraction of sp³-hybridized carbons (Fsp3) is 0.278. The topological polar surface area (TPSA) is 64.6 Å². The molecule has 1 atom stereocenters. The summed E-state index contributed by atoms with van der Waals surface area (Å²) in [5.41, 5.74) is 0.154. The normalized spacial score (nSPS) is 11.7. The molecule has 0 saturated heterocycles. The lowest BCUT2D eigenvalue weighted by molar-refractivity contribution is -0.118. The predicted molar refractivity (Wildman–Crippen MR) is 99.6 cm³/mol. The maximum atomic E-state index is 13.7. The Bertz CT molecular complexity index is 767. The Morgan fingerprint density at radius 2 is 1.96 bits per heavy atom. The molecule has 8 heteroatoms. The summed E-state index contributed by atoms with van der Waals surface area (Å²) in [6, 6.07) is 11.3. The van der Waals surface area contributed by atoms with Gasteiger partial charge in [-0.2, -0.15) is 0 Å². The third-order valence-electron chi connectivity index (χ3n) is 3.39. The molecule has 1 N–H and O–H groups in total. The van der Waals surface area contributed by atoms with Crippen molar-refractivity contribution in [3.05, 3.63) is 58.9 Å². The summed E-state index contributed by atoms with van der Waals surface area (Å²) >= 11 is 5.89. The van der Waals surface area contributed by atoms with Crippen LogP contribution >= 0.6 is 11.6 Å². The molecule has 5 nitrogen and oxygen atoms in total. The lowest BCUT2D eigenvalue weighted by atomic mass is 10.2. The van der Waals surface area contributed by atoms with Crippen LogP contribution in [-0.2, 0) is 21.3 Å². The SMILES string of the molecule is COc1cccc(OCCNC(=O)CS(=O)Cc2c(F)cccc2Cl)c1. The Morgan fingerprint density at radius 1 is 1.23 bits per heavy atom. The highest BCUT2D eigenvalue weighted by Gasteiger charge is 2.13. The van der Waals surface area contributed by atoms with Crippen LogP contribution in [0.25, 0.3) is 0 Å². The second kappa shape index (κ2) is 10.1. The monoisotopic (exact) mass is 399 g/mol. The van der Waals surface area contributed by atoms with Crippen molar-refractivity contribution in [3.63, 3.8) is 0 Å². The van der Waals surface area contributed by atoms with Crippen LogP contribution in [0.2, 0.25) is 5.02 Å². The Kier molecular flexibility index (Phi) is 7.87. The van der Waals surface area contributed by atoms with Crippen LogP contribution in [0.3, 0.4) is 0 Å². The van der Waals surface area contributed by atoms with Crippen molar-refractivity contribution in [2.24, 2.45) is 0 Å². The highest BCUT2D eigenvalue weighted by atomic mass is 35.5. The van der Waals surface area contributed by atoms with Gasteiger partial charge < -0.3 is 14.8 Å². The summed E-state index contributed by atoms with van der Waals surface area (Å²) < 4.78 is 36.3. The molecule has 2 rings (SSSR count). The number of nitrogens with one attached hydrogen (secondary N) is 1. The van der Waals surface area contributed by atoms with E-state index in [1.54, 1.807) is 31.4 Å². The summed E-state index contributed by atoms with van der Waals surface area (Å²) in [6.07, 6.45) is 0. The van der Waals surface area contributed by atoms with Crippen molar-refractivity contribution >= 4 is 28.3 Å². The predicted octanol–water partition coefficient (Wildman–Crippen LogP) is 2.93. The minimum absolute atomic E-state index is 0.112. The zero-order valence-electron chi connectivity index (χ0n) is 14.2. The van der Waals surface area contributed by atoms with E-state index in [1.807, 2.05) is 0 Å². The molecular weight excluding hydrogens is 381 g/mol. The molecule has 0 bridgehead atoms. The van der Waals surface area contributed by atoms with E-state index in [-0.39, 0.29) is 35.2 Å². The second-order valence-electron chi connectivity index (χ2n) is 5.31. The van der Waals surface area contributed by atoms with Crippen molar-refractivity contribution in [1.82, 2.24) is 5.32 Å². The van der Waals surface area contributed by atoms with Crippen molar-refractivity contribution in [2.75, 3.05) is 26.0 Å². The quantitative estimate of drug-likeness (QED) is 0.658. The average Bonchev–Trinajstić information content (AvgIpc) is 2.62. The van der Waals surface area contributed by atoms with Crippen molar-refractivity contribution in [1.29, 1.82) is 0 Å². The molecule has 1 unspecified atom stereocenters. The van der Waals surface area contributed by atoms with Crippen LogP contribution in [0.15, 0.2) is 42.5 Å². The third kappa shape index (κ3) is 6.31. The van der Waals surface area contributed by atoms with Gasteiger partial charge >= 0.3 is 0 Å². The van der Waals surface area contributed by atoms with Gasteiger partial charge in [0.1, 0.15) is 29.7 Å². The number of carbonyl (C=O) groups excluding carboxylic acids is 1. The standard InChI is InChI=1S/C18H19ClFNO4S/c1-24-13-4-2-5-14(10-13)25-9-8-21-18(22)12-26(23)11-15-16(19)6-3-7-17(15)20/h2-7,10H,8-9,11-12H2,1H3,(H,21,22). The third-order valence-corrected chi connectivity index (χ3v) is 4.94. The number of halogens is 2. The molecule has 0 fully saturated rings. The van der Waals surface area contributed by atoms with Crippen molar-refractivity contribution in [3.8, 4) is 11.5 Å². The van der Waals surface area contributed by atoms with Gasteiger partial charge in [0, 0.05) is 27.5 Å². The average molecular weight is 400 g/mol. The number of hydrogen-bond donors (Lipinski definition) is 1. The Balaban J connectivity index is 1.72. The first-order valence-corrected chi connectivity index (χ1v) is 9.67. The maximum absolute atomic E-state index is 13.7. The molecule has 2 aromatic rings. The van der Waals surface area contributed by atoms with E-state index in [1.165, 1.54) is 18.2 Å². The van der Waals surface area contributed by atoms with E-state index in [4.69, 9.17) is 21.1 Å². The molecule has 2 aromatic carbocycles. The van der Waals surface area contributed by atoms with Gasteiger partial charge in [0.05, 0.1) is 19.4 Å². The molecule has 0 aliphatic heterocycles. The molecule has 0 spiro atoms. The highest BCUT2D eigenvalue weighted by Crippen LogP contribution is 2.20. The Morgan fingerprint density at radius 3 is 2.69 bits per heavy atom. The minimum Gasteiger partial charge on any atom is -0.497 e. The smallest absolute Gasteiger partial charge is 0.232 e. The summed E-state index contributed by atoms with van der Waals surface area (Å²) in [6.45, 7) is 0.512. The molecule has 0 aliphatic carbocycles. The molecule has 0 aliphatic rings. The van der Waals surface area contributed by atoms with Crippen LogP contribution in [0.4, 0.5) is 4.39 Å². The molecule has 0 saturated carbocycles. The number of benzene rings is 2. The summed E-state index contributed by atoms with van der Waals surface area (Å²) in [4.78, 5) is 11.8. The first kappa shape index (κ1) is 20.2. The van der Waals surface area contributed by atoms with Gasteiger partial charge in [0.2, 0.25) is 5.91 Å². The van der Waals surface area contributed by atoms with Gasteiger partial charge in [0.25, 0.3) is 0 Å². The number of hydrogen-bond acceptors (Lipinski definition) is 4. The zero-order chi connectivity index (χ0) is 18.9. The summed E-state index contributed by atoms with van der Waals surface area (Å²) in [7, 11) is 0.00221. The van der Waals surface area contributed by atoms with E-state index in [0.717, 1.165) is 0 Å². The maximum Gasteiger partial charge on any atom is 0.232 e. The second-order valence-corrected chi connectivity index (χ2v) is 7.17. The fourth-order valence-electron chi connectivity index (χ4n) is 2.13. The number of amides is 1. The number of rotatable bonds is 9. The van der Waals surface area contributed by atoms with E-state index in [0.29, 0.717) is 11.5 Å². The molecule has 0 heterocycles. The van der Waals surface area contributed by atoms with Gasteiger partial charge in [-0.05, 0) is 24.3 Å². The lowest BCUT2D eigenvalue weighted by Gasteiger charge is -2.09. The molecule has 0 radical (unpaired) electrons. The Hall–Kier alpha value is -2.12. The minimum atomic E-state index is -1.56. The fourth-order valence-corrected chi connectivity index (χ4v) is 3.55. The largest absolute Gasteiger partial charge is 0.497 e. The first-order chi connectivity index (χ1) is 12.5. The molecule has 140 valence electrons. The van der Waals surface area contributed by atoms with Crippen LogP contribution in [0.5, 0.6) is 11.5 Å². The van der Waals surface area contributed by atoms with Gasteiger partial charge in [-0.25, -0.2) is 4.39 Å². The van der Waals surface area contributed by atoms with E-state index in [9.17, 15) is 13.4 Å². The summed E-state index contributed by atoms with van der Waals surface area (Å²) in [5.74, 6) is 0.0244. The molecular formula is C18H19ClFNO4S. The van der Waals surface area contributed by atoms with Crippen LogP contribution in [0, 0.1) is 5.82 Å². The van der Waals surface area contributed by atoms with Crippen molar-refractivity contribution in [2.45, 2.75) is 5.75 Å². The van der Waals surface area contributed by atoms with E-state index < -0.39 is 22.5 Å². The molecule has 1 amide bonds. The highest BCUT2D eigenvalue weighted by molar-refractivity contribution is 7.84. The van der Waals surface area contributed by atoms with Gasteiger partial charge in [0.15, 0.2) is 0 Å². The van der Waals surface area contributed by atoms with Gasteiger partial charge in [-0.3, -0.25) is 9.00 Å². The Labute approximate surface area is 158 Å². The number of methoxy groups -OCH3 is 1. The molecule has 26 heavy (non-hydrogen) atoms. The first-order valence-electron chi connectivity index (χ1n) is 7.81. The number of ether oxygens (including phenoxy) is 2. The van der Waals surface area contributed by atoms with Gasteiger partial charge in [-0.15, -0.1) is 0 Å². The van der Waals surface area contributed by atoms with Crippen LogP contribution < -0.4 is 14.8 Å². The van der Waals surface area contributed by atoms with Gasteiger partial charge in [-0.1, -0.05) is 23.7 Å². The zero-order valence-corrected chi connectivity index (χ0v) is 15.7. The lowest BCUT2D eigenvalue weighted by Crippen LogP contribution is -2.32. The van der Waals surface area contributed by atoms with Crippen molar-refractivity contribution < 1.29 is 22.9 Å². The molecule has 0 aromatic heterocycles. The van der Waals surface area contributed by atoms with E-state index in [2.05, 4.69) is 5.32 Å². The number of carbonyl (C=O) groups is 1. The van der Waals surface area contributed by atoms with E-state index >= 15 is 0 Å². The summed E-state index contributed by atoms with van der Waals surface area (Å²) in [5, 5.41) is 2.81. The van der Waals surface area contributed by atoms with Crippen LogP contribution in [-0.4, -0.2) is 36.1 Å².